The molecule has 18 heavy (non-hydrogen) atoms. The van der Waals surface area contributed by atoms with Crippen LogP contribution in [0.4, 0.5) is 0 Å². The lowest BCUT2D eigenvalue weighted by Crippen LogP contribution is -2.05. The van der Waals surface area contributed by atoms with E-state index in [1.165, 1.54) is 7.11 Å². The molecule has 0 fully saturated rings. The molecule has 0 atom stereocenters. The lowest BCUT2D eigenvalue weighted by atomic mass is 10.2. The summed E-state index contributed by atoms with van der Waals surface area (Å²) in [5.41, 5.74) is 1.21. The fourth-order valence-corrected chi connectivity index (χ4v) is 2.41. The number of esters is 1. The summed E-state index contributed by atoms with van der Waals surface area (Å²) in [7, 11) is 3.01. The molecule has 0 saturated heterocycles. The second-order valence-electron chi connectivity index (χ2n) is 3.69. The van der Waals surface area contributed by atoms with E-state index >= 15 is 0 Å². The van der Waals surface area contributed by atoms with Gasteiger partial charge in [0.05, 0.1) is 24.8 Å². The fraction of sp³-hybridized carbons (Fsp3) is 0.333. The SMILES string of the molecule is COCCc1nc(Br)c2c(C(=O)OC)cccn12. The van der Waals surface area contributed by atoms with Gasteiger partial charge in [0.2, 0.25) is 0 Å². The van der Waals surface area contributed by atoms with Crippen molar-refractivity contribution in [3.05, 3.63) is 34.3 Å². The number of halogens is 1. The van der Waals surface area contributed by atoms with Crippen molar-refractivity contribution in [2.45, 2.75) is 6.42 Å². The summed E-state index contributed by atoms with van der Waals surface area (Å²) in [6.07, 6.45) is 2.54. The first-order valence-electron chi connectivity index (χ1n) is 5.41. The lowest BCUT2D eigenvalue weighted by molar-refractivity contribution is 0.0602. The molecule has 2 aromatic heterocycles. The van der Waals surface area contributed by atoms with Gasteiger partial charge in [0.1, 0.15) is 10.4 Å². The minimum absolute atomic E-state index is 0.375. The molecule has 0 radical (unpaired) electrons. The van der Waals surface area contributed by atoms with Crippen molar-refractivity contribution >= 4 is 27.4 Å². The van der Waals surface area contributed by atoms with Crippen molar-refractivity contribution in [1.29, 1.82) is 0 Å². The second-order valence-corrected chi connectivity index (χ2v) is 4.44. The van der Waals surface area contributed by atoms with Crippen LogP contribution in [0.15, 0.2) is 22.9 Å². The molecule has 2 heterocycles. The quantitative estimate of drug-likeness (QED) is 0.811. The first-order chi connectivity index (χ1) is 8.69. The van der Waals surface area contributed by atoms with E-state index in [1.807, 2.05) is 10.6 Å². The van der Waals surface area contributed by atoms with Gasteiger partial charge in [-0.3, -0.25) is 0 Å². The number of fused-ring (bicyclic) bond motifs is 1. The van der Waals surface area contributed by atoms with Crippen LogP contribution in [0.3, 0.4) is 0 Å². The van der Waals surface area contributed by atoms with E-state index in [0.29, 0.717) is 23.2 Å². The molecule has 5 nitrogen and oxygen atoms in total. The maximum absolute atomic E-state index is 11.7. The number of imidazole rings is 1. The van der Waals surface area contributed by atoms with Crippen LogP contribution in [0.1, 0.15) is 16.2 Å². The number of carbonyl (C=O) groups excluding carboxylic acids is 1. The summed E-state index contributed by atoms with van der Waals surface area (Å²) in [6.45, 7) is 0.577. The number of nitrogens with zero attached hydrogens (tertiary/aromatic N) is 2. The largest absolute Gasteiger partial charge is 0.465 e. The predicted octanol–water partition coefficient (Wildman–Crippen LogP) is 2.07. The molecule has 0 aliphatic rings. The number of aromatic nitrogens is 2. The number of carbonyl (C=O) groups is 1. The molecular weight excluding hydrogens is 300 g/mol. The molecule has 0 aromatic carbocycles. The molecule has 6 heteroatoms. The Morgan fingerprint density at radius 1 is 1.50 bits per heavy atom. The van der Waals surface area contributed by atoms with Crippen molar-refractivity contribution in [2.75, 3.05) is 20.8 Å². The molecular formula is C12H13BrN2O3. The summed E-state index contributed by atoms with van der Waals surface area (Å²) in [6, 6.07) is 3.51. The first kappa shape index (κ1) is 13.0. The van der Waals surface area contributed by atoms with Crippen LogP contribution >= 0.6 is 15.9 Å². The molecule has 0 N–H and O–H groups in total. The van der Waals surface area contributed by atoms with E-state index in [-0.39, 0.29) is 5.97 Å². The third-order valence-corrected chi connectivity index (χ3v) is 3.18. The third-order valence-electron chi connectivity index (χ3n) is 2.63. The molecule has 96 valence electrons. The second kappa shape index (κ2) is 5.49. The Balaban J connectivity index is 2.56. The van der Waals surface area contributed by atoms with Crippen LogP contribution in [0.2, 0.25) is 0 Å². The van der Waals surface area contributed by atoms with Gasteiger partial charge in [-0.15, -0.1) is 0 Å². The van der Waals surface area contributed by atoms with Crippen molar-refractivity contribution in [1.82, 2.24) is 9.38 Å². The smallest absolute Gasteiger partial charge is 0.340 e. The summed E-state index contributed by atoms with van der Waals surface area (Å²) in [4.78, 5) is 16.1. The Morgan fingerprint density at radius 2 is 2.28 bits per heavy atom. The van der Waals surface area contributed by atoms with E-state index in [9.17, 15) is 4.79 Å². The highest BCUT2D eigenvalue weighted by Crippen LogP contribution is 2.23. The Kier molecular flexibility index (Phi) is 3.98. The number of pyridine rings is 1. The number of rotatable bonds is 4. The Morgan fingerprint density at radius 3 is 2.94 bits per heavy atom. The number of hydrogen-bond acceptors (Lipinski definition) is 4. The molecule has 0 aliphatic carbocycles. The zero-order chi connectivity index (χ0) is 13.1. The monoisotopic (exact) mass is 312 g/mol. The number of hydrogen-bond donors (Lipinski definition) is 0. The topological polar surface area (TPSA) is 52.8 Å². The normalized spacial score (nSPS) is 10.8. The van der Waals surface area contributed by atoms with Gasteiger partial charge in [-0.05, 0) is 28.1 Å². The summed E-state index contributed by atoms with van der Waals surface area (Å²) in [5, 5.41) is 0. The van der Waals surface area contributed by atoms with Crippen molar-refractivity contribution in [3.8, 4) is 0 Å². The standard InChI is InChI=1S/C12H13BrN2O3/c1-17-7-5-9-14-11(13)10-8(12(16)18-2)4-3-6-15(9)10/h3-4,6H,5,7H2,1-2H3. The molecule has 0 saturated carbocycles. The third kappa shape index (κ3) is 2.26. The van der Waals surface area contributed by atoms with Gasteiger partial charge < -0.3 is 13.9 Å². The van der Waals surface area contributed by atoms with Crippen LogP contribution in [0.5, 0.6) is 0 Å². The van der Waals surface area contributed by atoms with Crippen LogP contribution in [-0.4, -0.2) is 36.2 Å². The fourth-order valence-electron chi connectivity index (χ4n) is 1.80. The Hall–Kier alpha value is -1.40. The van der Waals surface area contributed by atoms with Crippen molar-refractivity contribution in [3.63, 3.8) is 0 Å². The zero-order valence-corrected chi connectivity index (χ0v) is 11.7. The number of methoxy groups -OCH3 is 2. The maximum Gasteiger partial charge on any atom is 0.340 e. The van der Waals surface area contributed by atoms with Gasteiger partial charge in [0, 0.05) is 19.7 Å². The van der Waals surface area contributed by atoms with Crippen LogP contribution in [-0.2, 0) is 15.9 Å². The van der Waals surface area contributed by atoms with Gasteiger partial charge >= 0.3 is 5.97 Å². The van der Waals surface area contributed by atoms with Crippen LogP contribution < -0.4 is 0 Å². The molecule has 0 bridgehead atoms. The summed E-state index contributed by atoms with van der Waals surface area (Å²) in [5.74, 6) is 0.462. The maximum atomic E-state index is 11.7. The molecule has 0 amide bonds. The minimum atomic E-state index is -0.375. The van der Waals surface area contributed by atoms with Crippen LogP contribution in [0.25, 0.3) is 5.52 Å². The van der Waals surface area contributed by atoms with E-state index in [4.69, 9.17) is 9.47 Å². The van der Waals surface area contributed by atoms with Crippen molar-refractivity contribution in [2.24, 2.45) is 0 Å². The highest BCUT2D eigenvalue weighted by molar-refractivity contribution is 9.10. The van der Waals surface area contributed by atoms with E-state index in [1.54, 1.807) is 19.2 Å². The Labute approximate surface area is 113 Å². The molecule has 2 rings (SSSR count). The molecule has 0 unspecified atom stereocenters. The highest BCUT2D eigenvalue weighted by atomic mass is 79.9. The number of ether oxygens (including phenoxy) is 2. The first-order valence-corrected chi connectivity index (χ1v) is 6.21. The summed E-state index contributed by atoms with van der Waals surface area (Å²) >= 11 is 3.38. The van der Waals surface area contributed by atoms with Gasteiger partial charge in [-0.1, -0.05) is 0 Å². The highest BCUT2D eigenvalue weighted by Gasteiger charge is 2.17. The van der Waals surface area contributed by atoms with E-state index in [0.717, 1.165) is 11.3 Å². The van der Waals surface area contributed by atoms with Gasteiger partial charge in [-0.2, -0.15) is 0 Å². The summed E-state index contributed by atoms with van der Waals surface area (Å²) < 4.78 is 12.3. The van der Waals surface area contributed by atoms with Crippen molar-refractivity contribution < 1.29 is 14.3 Å². The van der Waals surface area contributed by atoms with Gasteiger partial charge in [0.25, 0.3) is 0 Å². The van der Waals surface area contributed by atoms with E-state index < -0.39 is 0 Å². The average molecular weight is 313 g/mol. The van der Waals surface area contributed by atoms with E-state index in [2.05, 4.69) is 20.9 Å². The minimum Gasteiger partial charge on any atom is -0.465 e. The molecule has 2 aromatic rings. The zero-order valence-electron chi connectivity index (χ0n) is 10.1. The molecule has 0 aliphatic heterocycles. The molecule has 0 spiro atoms. The average Bonchev–Trinajstić information content (AvgIpc) is 2.72. The van der Waals surface area contributed by atoms with Gasteiger partial charge in [0.15, 0.2) is 0 Å². The predicted molar refractivity (Wildman–Crippen MR) is 69.8 cm³/mol. The lowest BCUT2D eigenvalue weighted by Gasteiger charge is -2.04. The van der Waals surface area contributed by atoms with Gasteiger partial charge in [-0.25, -0.2) is 9.78 Å². The van der Waals surface area contributed by atoms with Crippen LogP contribution in [0, 0.1) is 0 Å². The Bertz CT molecular complexity index is 580.